The van der Waals surface area contributed by atoms with Crippen molar-refractivity contribution in [3.8, 4) is 0 Å². The fraction of sp³-hybridized carbons (Fsp3) is 0.471. The summed E-state index contributed by atoms with van der Waals surface area (Å²) in [5, 5.41) is 17.1. The Morgan fingerprint density at radius 3 is 3.00 bits per heavy atom. The van der Waals surface area contributed by atoms with Gasteiger partial charge in [0.25, 0.3) is 0 Å². The van der Waals surface area contributed by atoms with Crippen molar-refractivity contribution < 1.29 is 9.50 Å². The third-order valence-electron chi connectivity index (χ3n) is 4.58. The monoisotopic (exact) mass is 303 g/mol. The largest absolute Gasteiger partial charge is 0.394 e. The molecule has 118 valence electrons. The van der Waals surface area contributed by atoms with E-state index in [9.17, 15) is 4.39 Å². The first-order chi connectivity index (χ1) is 10.6. The first-order valence-electron chi connectivity index (χ1n) is 7.76. The van der Waals surface area contributed by atoms with Crippen LogP contribution in [0.4, 0.5) is 4.39 Å². The number of fused-ring (bicyclic) bond motifs is 1. The van der Waals surface area contributed by atoms with Crippen molar-refractivity contribution in [1.29, 1.82) is 0 Å². The number of halogens is 1. The Morgan fingerprint density at radius 2 is 2.23 bits per heavy atom. The van der Waals surface area contributed by atoms with E-state index < -0.39 is 0 Å². The molecule has 1 aliphatic carbocycles. The number of aliphatic hydroxyl groups excluding tert-OH is 1. The first kappa shape index (κ1) is 15.2. The molecule has 0 spiro atoms. The molecule has 0 aliphatic heterocycles. The minimum atomic E-state index is -0.0927. The number of aromatic nitrogens is 2. The molecule has 22 heavy (non-hydrogen) atoms. The van der Waals surface area contributed by atoms with Crippen LogP contribution in [0.1, 0.15) is 40.5 Å². The molecule has 0 amide bonds. The van der Waals surface area contributed by atoms with E-state index in [-0.39, 0.29) is 18.5 Å². The molecule has 0 fully saturated rings. The summed E-state index contributed by atoms with van der Waals surface area (Å²) in [7, 11) is 0. The van der Waals surface area contributed by atoms with Crippen molar-refractivity contribution in [3.05, 3.63) is 52.1 Å². The molecule has 0 radical (unpaired) electrons. The lowest BCUT2D eigenvalue weighted by Crippen LogP contribution is -2.19. The van der Waals surface area contributed by atoms with Crippen molar-refractivity contribution in [2.75, 3.05) is 6.61 Å². The van der Waals surface area contributed by atoms with Gasteiger partial charge in [-0.1, -0.05) is 12.1 Å². The molecule has 4 nitrogen and oxygen atoms in total. The second-order valence-electron chi connectivity index (χ2n) is 5.88. The van der Waals surface area contributed by atoms with Gasteiger partial charge >= 0.3 is 0 Å². The maximum atomic E-state index is 13.8. The molecule has 0 saturated heterocycles. The van der Waals surface area contributed by atoms with E-state index in [1.54, 1.807) is 6.07 Å². The molecule has 5 heteroatoms. The Labute approximate surface area is 130 Å². The number of hydrogen-bond acceptors (Lipinski definition) is 3. The van der Waals surface area contributed by atoms with Crippen molar-refractivity contribution in [2.24, 2.45) is 0 Å². The van der Waals surface area contributed by atoms with E-state index in [2.05, 4.69) is 10.4 Å². The number of aryl methyl sites for hydroxylation is 1. The summed E-state index contributed by atoms with van der Waals surface area (Å²) in [6.45, 7) is 5.33. The molecule has 1 aromatic carbocycles. The molecule has 1 aromatic heterocycles. The van der Waals surface area contributed by atoms with Crippen LogP contribution in [0, 0.1) is 19.7 Å². The van der Waals surface area contributed by atoms with Crippen molar-refractivity contribution in [1.82, 2.24) is 15.1 Å². The maximum Gasteiger partial charge on any atom is 0.126 e. The highest BCUT2D eigenvalue weighted by molar-refractivity contribution is 5.36. The molecule has 0 unspecified atom stereocenters. The van der Waals surface area contributed by atoms with E-state index in [1.807, 2.05) is 24.6 Å². The van der Waals surface area contributed by atoms with E-state index in [0.29, 0.717) is 13.1 Å². The van der Waals surface area contributed by atoms with Crippen LogP contribution < -0.4 is 5.32 Å². The number of hydrogen-bond donors (Lipinski definition) is 2. The molecule has 2 N–H and O–H groups in total. The summed E-state index contributed by atoms with van der Waals surface area (Å²) in [5.74, 6) is -0.0927. The van der Waals surface area contributed by atoms with Gasteiger partial charge in [-0.25, -0.2) is 4.39 Å². The van der Waals surface area contributed by atoms with Gasteiger partial charge in [-0.3, -0.25) is 4.68 Å². The van der Waals surface area contributed by atoms with Gasteiger partial charge in [0, 0.05) is 23.8 Å². The summed E-state index contributed by atoms with van der Waals surface area (Å²) in [4.78, 5) is 0. The average molecular weight is 303 g/mol. The molecule has 0 bridgehead atoms. The molecular formula is C17H22FN3O. The number of nitrogens with one attached hydrogen (secondary N) is 1. The van der Waals surface area contributed by atoms with Crippen LogP contribution in [0.5, 0.6) is 0 Å². The number of benzene rings is 1. The standard InChI is InChI=1S/C17H22FN3O/c1-11-15(12(2)21(20-11)8-9-22)10-19-17-7-6-13-14(17)4-3-5-16(13)18/h3-5,17,19,22H,6-10H2,1-2H3/t17-/m1/s1. The zero-order valence-electron chi connectivity index (χ0n) is 13.1. The van der Waals surface area contributed by atoms with Crippen LogP contribution in [-0.4, -0.2) is 21.5 Å². The van der Waals surface area contributed by atoms with Crippen LogP contribution in [-0.2, 0) is 19.5 Å². The van der Waals surface area contributed by atoms with E-state index in [1.165, 1.54) is 11.6 Å². The van der Waals surface area contributed by atoms with Crippen molar-refractivity contribution in [3.63, 3.8) is 0 Å². The van der Waals surface area contributed by atoms with Crippen molar-refractivity contribution in [2.45, 2.75) is 45.8 Å². The van der Waals surface area contributed by atoms with Crippen LogP contribution in [0.25, 0.3) is 0 Å². The van der Waals surface area contributed by atoms with Gasteiger partial charge in [0.05, 0.1) is 18.8 Å². The highest BCUT2D eigenvalue weighted by Gasteiger charge is 2.25. The van der Waals surface area contributed by atoms with Crippen LogP contribution in [0.2, 0.25) is 0 Å². The lowest BCUT2D eigenvalue weighted by Gasteiger charge is -2.14. The Kier molecular flexibility index (Phi) is 4.27. The number of rotatable bonds is 5. The van der Waals surface area contributed by atoms with E-state index in [0.717, 1.165) is 35.4 Å². The lowest BCUT2D eigenvalue weighted by atomic mass is 10.1. The first-order valence-corrected chi connectivity index (χ1v) is 7.76. The van der Waals surface area contributed by atoms with Gasteiger partial charge in [0.2, 0.25) is 0 Å². The Hall–Kier alpha value is -1.72. The zero-order chi connectivity index (χ0) is 15.7. The topological polar surface area (TPSA) is 50.1 Å². The molecule has 1 atom stereocenters. The summed E-state index contributed by atoms with van der Waals surface area (Å²) in [5.41, 5.74) is 5.16. The van der Waals surface area contributed by atoms with Gasteiger partial charge in [-0.2, -0.15) is 5.10 Å². The molecular weight excluding hydrogens is 281 g/mol. The molecule has 1 aliphatic rings. The van der Waals surface area contributed by atoms with Gasteiger partial charge in [0.15, 0.2) is 0 Å². The fourth-order valence-electron chi connectivity index (χ4n) is 3.35. The number of aliphatic hydroxyl groups is 1. The normalized spacial score (nSPS) is 17.0. The van der Waals surface area contributed by atoms with E-state index in [4.69, 9.17) is 5.11 Å². The summed E-state index contributed by atoms with van der Waals surface area (Å²) in [6.07, 6.45) is 1.72. The molecule has 1 heterocycles. The van der Waals surface area contributed by atoms with Gasteiger partial charge in [-0.15, -0.1) is 0 Å². The molecule has 0 saturated carbocycles. The third-order valence-corrected chi connectivity index (χ3v) is 4.58. The molecule has 3 rings (SSSR count). The van der Waals surface area contributed by atoms with Gasteiger partial charge < -0.3 is 10.4 Å². The second kappa shape index (κ2) is 6.18. The highest BCUT2D eigenvalue weighted by Crippen LogP contribution is 2.33. The summed E-state index contributed by atoms with van der Waals surface area (Å²) >= 11 is 0. The third kappa shape index (κ3) is 2.66. The Bertz CT molecular complexity index is 681. The predicted molar refractivity (Wildman–Crippen MR) is 83.1 cm³/mol. The fourth-order valence-corrected chi connectivity index (χ4v) is 3.35. The number of nitrogens with zero attached hydrogens (tertiary/aromatic N) is 2. The van der Waals surface area contributed by atoms with Crippen molar-refractivity contribution >= 4 is 0 Å². The van der Waals surface area contributed by atoms with Gasteiger partial charge in [0.1, 0.15) is 5.82 Å². The van der Waals surface area contributed by atoms with Crippen LogP contribution in [0.15, 0.2) is 18.2 Å². The Balaban J connectivity index is 1.74. The zero-order valence-corrected chi connectivity index (χ0v) is 13.1. The minimum Gasteiger partial charge on any atom is -0.394 e. The van der Waals surface area contributed by atoms with Gasteiger partial charge in [-0.05, 0) is 43.9 Å². The van der Waals surface area contributed by atoms with Crippen LogP contribution in [0.3, 0.4) is 0 Å². The SMILES string of the molecule is Cc1nn(CCO)c(C)c1CN[C@@H]1CCc2c(F)cccc21. The van der Waals surface area contributed by atoms with E-state index >= 15 is 0 Å². The second-order valence-corrected chi connectivity index (χ2v) is 5.88. The lowest BCUT2D eigenvalue weighted by molar-refractivity contribution is 0.267. The minimum absolute atomic E-state index is 0.0874. The predicted octanol–water partition coefficient (Wildman–Crippen LogP) is 2.41. The summed E-state index contributed by atoms with van der Waals surface area (Å²) in [6, 6.07) is 5.53. The quantitative estimate of drug-likeness (QED) is 0.892. The molecule has 2 aromatic rings. The average Bonchev–Trinajstić information content (AvgIpc) is 3.02. The highest BCUT2D eigenvalue weighted by atomic mass is 19.1. The van der Waals surface area contributed by atoms with Crippen LogP contribution >= 0.6 is 0 Å². The maximum absolute atomic E-state index is 13.8. The Morgan fingerprint density at radius 1 is 1.41 bits per heavy atom. The smallest absolute Gasteiger partial charge is 0.126 e. The summed E-state index contributed by atoms with van der Waals surface area (Å²) < 4.78 is 15.6.